The minimum Gasteiger partial charge on any atom is -0.140 e. The van der Waals surface area contributed by atoms with Crippen molar-refractivity contribution in [3.63, 3.8) is 0 Å². The van der Waals surface area contributed by atoms with Crippen LogP contribution in [0.25, 0.3) is 0 Å². The average Bonchev–Trinajstić information content (AvgIpc) is 1.89. The summed E-state index contributed by atoms with van der Waals surface area (Å²) in [7, 11) is 1.84. The van der Waals surface area contributed by atoms with Gasteiger partial charge in [0, 0.05) is 0 Å². The fourth-order valence-corrected chi connectivity index (χ4v) is 3.84. The van der Waals surface area contributed by atoms with E-state index in [1.807, 2.05) is 12.2 Å². The Morgan fingerprint density at radius 3 is 1.90 bits per heavy atom. The normalized spacial score (nSPS) is 11.0. The fraction of sp³-hybridized carbons (Fsp3) is 0.500. The van der Waals surface area contributed by atoms with Crippen molar-refractivity contribution < 1.29 is 0 Å². The first-order chi connectivity index (χ1) is 4.68. The number of hydrogen-bond donors (Lipinski definition) is 0. The predicted octanol–water partition coefficient (Wildman–Crippen LogP) is 2.85. The first-order valence-electron chi connectivity index (χ1n) is 3.60. The van der Waals surface area contributed by atoms with Crippen LogP contribution in [0.2, 0.25) is 18.6 Å². The van der Waals surface area contributed by atoms with Gasteiger partial charge < -0.3 is 0 Å². The SMILES string of the molecule is C=CC[Si](C)(CP)CC=C. The second kappa shape index (κ2) is 4.87. The lowest BCUT2D eigenvalue weighted by molar-refractivity contribution is 1.42. The standard InChI is InChI=1S/C8H17PSi/c1-4-6-10(3,8-9)7-5-2/h4-5H,1-2,6-9H2,3H3. The lowest BCUT2D eigenvalue weighted by atomic mass is 10.7. The van der Waals surface area contributed by atoms with Crippen molar-refractivity contribution >= 4 is 17.3 Å². The van der Waals surface area contributed by atoms with Gasteiger partial charge in [-0.3, -0.25) is 0 Å². The second-order valence-electron chi connectivity index (χ2n) is 3.00. The zero-order chi connectivity index (χ0) is 8.04. The Bertz CT molecular complexity index is 110. The Morgan fingerprint density at radius 2 is 1.70 bits per heavy atom. The minimum atomic E-state index is -0.997. The van der Waals surface area contributed by atoms with Gasteiger partial charge in [-0.05, 0) is 17.9 Å². The lowest BCUT2D eigenvalue weighted by Gasteiger charge is -2.21. The highest BCUT2D eigenvalue weighted by molar-refractivity contribution is 7.23. The molecule has 0 aliphatic rings. The molecule has 0 heterocycles. The largest absolute Gasteiger partial charge is 0.140 e. The molecule has 0 nitrogen and oxygen atoms in total. The molecule has 0 saturated heterocycles. The Balaban J connectivity index is 3.92. The smallest absolute Gasteiger partial charge is 0.0617 e. The summed E-state index contributed by atoms with van der Waals surface area (Å²) in [5.74, 6) is 1.26. The van der Waals surface area contributed by atoms with Crippen LogP contribution in [0.15, 0.2) is 25.3 Å². The van der Waals surface area contributed by atoms with Crippen molar-refractivity contribution in [3.8, 4) is 0 Å². The molecule has 0 aromatic rings. The Kier molecular flexibility index (Phi) is 4.93. The molecule has 0 N–H and O–H groups in total. The molecule has 0 radical (unpaired) electrons. The van der Waals surface area contributed by atoms with Gasteiger partial charge in [0.25, 0.3) is 0 Å². The van der Waals surface area contributed by atoms with Crippen LogP contribution < -0.4 is 0 Å². The molecule has 1 unspecified atom stereocenters. The van der Waals surface area contributed by atoms with Gasteiger partial charge in [0.15, 0.2) is 0 Å². The maximum Gasteiger partial charge on any atom is 0.0617 e. The third-order valence-electron chi connectivity index (χ3n) is 1.77. The molecule has 58 valence electrons. The van der Waals surface area contributed by atoms with E-state index in [1.165, 1.54) is 17.9 Å². The van der Waals surface area contributed by atoms with E-state index in [9.17, 15) is 0 Å². The third kappa shape index (κ3) is 3.33. The van der Waals surface area contributed by atoms with E-state index >= 15 is 0 Å². The van der Waals surface area contributed by atoms with Crippen molar-refractivity contribution in [1.82, 2.24) is 0 Å². The Hall–Kier alpha value is 0.127. The molecule has 0 aromatic carbocycles. The van der Waals surface area contributed by atoms with Crippen LogP contribution in [0.4, 0.5) is 0 Å². The first kappa shape index (κ1) is 10.1. The van der Waals surface area contributed by atoms with Crippen LogP contribution in [0, 0.1) is 0 Å². The molecule has 0 rings (SSSR count). The highest BCUT2D eigenvalue weighted by atomic mass is 31.0. The Labute approximate surface area is 67.6 Å². The zero-order valence-corrected chi connectivity index (χ0v) is 8.92. The highest BCUT2D eigenvalue weighted by Crippen LogP contribution is 2.18. The van der Waals surface area contributed by atoms with Crippen molar-refractivity contribution in [2.24, 2.45) is 0 Å². The van der Waals surface area contributed by atoms with E-state index in [2.05, 4.69) is 28.9 Å². The molecule has 0 saturated carbocycles. The molecular formula is C8H17PSi. The molecule has 0 aliphatic heterocycles. The summed E-state index contributed by atoms with van der Waals surface area (Å²) >= 11 is 0. The zero-order valence-electron chi connectivity index (χ0n) is 6.77. The third-order valence-corrected chi connectivity index (χ3v) is 8.26. The van der Waals surface area contributed by atoms with Crippen LogP contribution in [0.3, 0.4) is 0 Å². The van der Waals surface area contributed by atoms with Gasteiger partial charge in [-0.1, -0.05) is 18.7 Å². The molecule has 0 amide bonds. The van der Waals surface area contributed by atoms with Gasteiger partial charge in [-0.25, -0.2) is 0 Å². The molecule has 1 atom stereocenters. The van der Waals surface area contributed by atoms with Crippen LogP contribution in [0.5, 0.6) is 0 Å². The van der Waals surface area contributed by atoms with E-state index in [-0.39, 0.29) is 0 Å². The van der Waals surface area contributed by atoms with Gasteiger partial charge in [-0.2, -0.15) is 0 Å². The highest BCUT2D eigenvalue weighted by Gasteiger charge is 2.20. The quantitative estimate of drug-likeness (QED) is 0.340. The van der Waals surface area contributed by atoms with Gasteiger partial charge in [0.1, 0.15) is 0 Å². The topological polar surface area (TPSA) is 0 Å². The first-order valence-corrected chi connectivity index (χ1v) is 7.54. The van der Waals surface area contributed by atoms with Crippen LogP contribution in [0.1, 0.15) is 0 Å². The summed E-state index contributed by atoms with van der Waals surface area (Å²) in [4.78, 5) is 0. The summed E-state index contributed by atoms with van der Waals surface area (Å²) < 4.78 is 0. The molecule has 0 fully saturated rings. The average molecular weight is 172 g/mol. The summed E-state index contributed by atoms with van der Waals surface area (Å²) in [6.45, 7) is 9.93. The maximum absolute atomic E-state index is 3.77. The van der Waals surface area contributed by atoms with E-state index in [0.29, 0.717) is 0 Å². The van der Waals surface area contributed by atoms with Crippen molar-refractivity contribution in [2.45, 2.75) is 18.6 Å². The summed E-state index contributed by atoms with van der Waals surface area (Å²) in [5.41, 5.74) is 0. The molecule has 2 heteroatoms. The summed E-state index contributed by atoms with van der Waals surface area (Å²) in [6, 6.07) is 2.42. The van der Waals surface area contributed by atoms with E-state index in [1.54, 1.807) is 0 Å². The van der Waals surface area contributed by atoms with Crippen molar-refractivity contribution in [2.75, 3.05) is 5.79 Å². The van der Waals surface area contributed by atoms with Gasteiger partial charge in [0.2, 0.25) is 0 Å². The molecule has 0 spiro atoms. The van der Waals surface area contributed by atoms with Crippen LogP contribution >= 0.6 is 9.24 Å². The monoisotopic (exact) mass is 172 g/mol. The minimum absolute atomic E-state index is 0.997. The van der Waals surface area contributed by atoms with E-state index in [4.69, 9.17) is 0 Å². The van der Waals surface area contributed by atoms with Gasteiger partial charge in [-0.15, -0.1) is 22.4 Å². The van der Waals surface area contributed by atoms with E-state index in [0.717, 1.165) is 0 Å². The summed E-state index contributed by atoms with van der Waals surface area (Å²) in [6.07, 6.45) is 4.08. The van der Waals surface area contributed by atoms with Crippen molar-refractivity contribution in [3.05, 3.63) is 25.3 Å². The summed E-state index contributed by atoms with van der Waals surface area (Å²) in [5, 5.41) is 0. The number of hydrogen-bond acceptors (Lipinski definition) is 0. The van der Waals surface area contributed by atoms with Crippen molar-refractivity contribution in [1.29, 1.82) is 0 Å². The lowest BCUT2D eigenvalue weighted by Crippen LogP contribution is -2.30. The number of allylic oxidation sites excluding steroid dienone is 2. The second-order valence-corrected chi connectivity index (χ2v) is 9.07. The van der Waals surface area contributed by atoms with Crippen LogP contribution in [-0.2, 0) is 0 Å². The van der Waals surface area contributed by atoms with E-state index < -0.39 is 8.07 Å². The maximum atomic E-state index is 3.77. The van der Waals surface area contributed by atoms with Crippen LogP contribution in [-0.4, -0.2) is 13.9 Å². The predicted molar refractivity (Wildman–Crippen MR) is 56.2 cm³/mol. The van der Waals surface area contributed by atoms with Gasteiger partial charge in [0.05, 0.1) is 8.07 Å². The molecular weight excluding hydrogens is 155 g/mol. The molecule has 0 aliphatic carbocycles. The molecule has 10 heavy (non-hydrogen) atoms. The molecule has 0 bridgehead atoms. The number of rotatable bonds is 5. The Morgan fingerprint density at radius 1 is 1.30 bits per heavy atom. The molecule has 0 aromatic heterocycles. The fourth-order valence-electron chi connectivity index (χ4n) is 0.947. The van der Waals surface area contributed by atoms with Gasteiger partial charge >= 0.3 is 0 Å².